The van der Waals surface area contributed by atoms with E-state index in [1.165, 1.54) is 30.3 Å². The Balaban J connectivity index is 1.82. The summed E-state index contributed by atoms with van der Waals surface area (Å²) in [7, 11) is 0. The monoisotopic (exact) mass is 345 g/mol. The number of halogens is 3. The fourth-order valence-electron chi connectivity index (χ4n) is 2.41. The highest BCUT2D eigenvalue weighted by atomic mass is 19.2. The number of nitrogens with one attached hydrogen (secondary N) is 2. The first-order valence-corrected chi connectivity index (χ1v) is 7.48. The summed E-state index contributed by atoms with van der Waals surface area (Å²) >= 11 is 0. The predicted molar refractivity (Wildman–Crippen MR) is 87.4 cm³/mol. The van der Waals surface area contributed by atoms with Gasteiger partial charge in [0, 0.05) is 5.56 Å². The Bertz CT molecular complexity index is 920. The molecule has 2 N–H and O–H groups in total. The molecule has 1 aromatic heterocycles. The molecule has 0 atom stereocenters. The van der Waals surface area contributed by atoms with Crippen molar-refractivity contribution < 1.29 is 18.0 Å². The second-order valence-corrected chi connectivity index (χ2v) is 5.55. The Morgan fingerprint density at radius 3 is 2.48 bits per heavy atom. The van der Waals surface area contributed by atoms with Crippen molar-refractivity contribution in [1.82, 2.24) is 10.2 Å². The van der Waals surface area contributed by atoms with Crippen LogP contribution in [0.2, 0.25) is 0 Å². The highest BCUT2D eigenvalue weighted by Crippen LogP contribution is 2.29. The number of nitrogens with zero attached hydrogens (tertiary/aromatic N) is 1. The summed E-state index contributed by atoms with van der Waals surface area (Å²) < 4.78 is 39.5. The summed E-state index contributed by atoms with van der Waals surface area (Å²) in [5, 5.41) is 9.48. The molecule has 0 unspecified atom stereocenters. The Hall–Kier alpha value is -3.09. The molecule has 0 aliphatic heterocycles. The van der Waals surface area contributed by atoms with Crippen molar-refractivity contribution in [2.75, 3.05) is 5.32 Å². The summed E-state index contributed by atoms with van der Waals surface area (Å²) in [4.78, 5) is 12.2. The van der Waals surface area contributed by atoms with Gasteiger partial charge in [-0.05, 0) is 42.8 Å². The molecular weight excluding hydrogens is 331 g/mol. The molecule has 1 heterocycles. The first kappa shape index (κ1) is 16.8. The Morgan fingerprint density at radius 1 is 1.08 bits per heavy atom. The summed E-state index contributed by atoms with van der Waals surface area (Å²) in [6.45, 7) is 1.70. The molecule has 0 saturated heterocycles. The van der Waals surface area contributed by atoms with Crippen LogP contribution in [0.4, 0.5) is 18.9 Å². The van der Waals surface area contributed by atoms with Crippen LogP contribution in [0.25, 0.3) is 11.3 Å². The van der Waals surface area contributed by atoms with E-state index >= 15 is 0 Å². The number of hydrogen-bond acceptors (Lipinski definition) is 2. The zero-order valence-corrected chi connectivity index (χ0v) is 13.2. The quantitative estimate of drug-likeness (QED) is 0.751. The summed E-state index contributed by atoms with van der Waals surface area (Å²) in [6.07, 6.45) is 0.0438. The van der Waals surface area contributed by atoms with Gasteiger partial charge < -0.3 is 5.32 Å². The molecule has 1 amide bonds. The lowest BCUT2D eigenvalue weighted by Crippen LogP contribution is -2.15. The lowest BCUT2D eigenvalue weighted by Gasteiger charge is -2.08. The maximum absolute atomic E-state index is 13.5. The average Bonchev–Trinajstić information content (AvgIpc) is 2.93. The number of hydrogen-bond donors (Lipinski definition) is 2. The minimum atomic E-state index is -0.998. The topological polar surface area (TPSA) is 57.8 Å². The van der Waals surface area contributed by atoms with Crippen molar-refractivity contribution in [2.24, 2.45) is 0 Å². The van der Waals surface area contributed by atoms with Crippen LogP contribution in [0, 0.1) is 24.4 Å². The van der Waals surface area contributed by atoms with Gasteiger partial charge in [-0.15, -0.1) is 0 Å². The third kappa shape index (κ3) is 3.71. The van der Waals surface area contributed by atoms with Crippen molar-refractivity contribution in [1.29, 1.82) is 0 Å². The molecule has 25 heavy (non-hydrogen) atoms. The molecule has 3 aromatic rings. The molecule has 0 bridgehead atoms. The van der Waals surface area contributed by atoms with Gasteiger partial charge in [0.15, 0.2) is 11.6 Å². The van der Waals surface area contributed by atoms with E-state index in [0.717, 1.165) is 12.1 Å². The van der Waals surface area contributed by atoms with Gasteiger partial charge in [0.1, 0.15) is 11.5 Å². The van der Waals surface area contributed by atoms with E-state index in [2.05, 4.69) is 15.5 Å². The number of rotatable bonds is 4. The molecule has 0 fully saturated rings. The van der Waals surface area contributed by atoms with Gasteiger partial charge in [0.2, 0.25) is 5.91 Å². The molecule has 0 aliphatic carbocycles. The molecule has 0 aliphatic rings. The highest BCUT2D eigenvalue weighted by Gasteiger charge is 2.16. The van der Waals surface area contributed by atoms with Gasteiger partial charge >= 0.3 is 0 Å². The number of aromatic nitrogens is 2. The van der Waals surface area contributed by atoms with E-state index in [1.807, 2.05) is 0 Å². The number of amides is 1. The van der Waals surface area contributed by atoms with Gasteiger partial charge in [-0.3, -0.25) is 9.89 Å². The fourth-order valence-corrected chi connectivity index (χ4v) is 2.41. The van der Waals surface area contributed by atoms with Crippen LogP contribution in [0.1, 0.15) is 11.3 Å². The normalized spacial score (nSPS) is 10.7. The van der Waals surface area contributed by atoms with Crippen LogP contribution >= 0.6 is 0 Å². The minimum absolute atomic E-state index is 0.0438. The number of aromatic amines is 1. The predicted octanol–water partition coefficient (Wildman–Crippen LogP) is 3.98. The number of carbonyl (C=O) groups excluding carboxylic acids is 1. The summed E-state index contributed by atoms with van der Waals surface area (Å²) in [6, 6.07) is 8.99. The zero-order chi connectivity index (χ0) is 18.0. The van der Waals surface area contributed by atoms with E-state index in [0.29, 0.717) is 28.2 Å². The third-order valence-electron chi connectivity index (χ3n) is 3.68. The van der Waals surface area contributed by atoms with E-state index in [-0.39, 0.29) is 18.1 Å². The van der Waals surface area contributed by atoms with Gasteiger partial charge in [0.25, 0.3) is 0 Å². The number of benzene rings is 2. The van der Waals surface area contributed by atoms with E-state index in [1.54, 1.807) is 6.92 Å². The van der Waals surface area contributed by atoms with E-state index in [9.17, 15) is 18.0 Å². The maximum atomic E-state index is 13.5. The molecule has 0 radical (unpaired) electrons. The second-order valence-electron chi connectivity index (χ2n) is 5.55. The first-order valence-electron chi connectivity index (χ1n) is 7.48. The lowest BCUT2D eigenvalue weighted by atomic mass is 10.1. The Labute approximate surface area is 141 Å². The SMILES string of the molecule is Cc1[nH]nc(-c2ccc(F)c(F)c2)c1NC(=O)Cc1ccc(F)cc1. The van der Waals surface area contributed by atoms with Crippen molar-refractivity contribution in [3.8, 4) is 11.3 Å². The zero-order valence-electron chi connectivity index (χ0n) is 13.2. The first-order chi connectivity index (χ1) is 11.9. The van der Waals surface area contributed by atoms with Gasteiger partial charge in [-0.2, -0.15) is 5.10 Å². The minimum Gasteiger partial charge on any atom is -0.322 e. The van der Waals surface area contributed by atoms with Gasteiger partial charge in [0.05, 0.1) is 17.8 Å². The maximum Gasteiger partial charge on any atom is 0.228 e. The van der Waals surface area contributed by atoms with Crippen LogP contribution in [0.3, 0.4) is 0 Å². The Kier molecular flexibility index (Phi) is 4.56. The van der Waals surface area contributed by atoms with Gasteiger partial charge in [-0.1, -0.05) is 12.1 Å². The van der Waals surface area contributed by atoms with E-state index in [4.69, 9.17) is 0 Å². The number of carbonyl (C=O) groups is 1. The number of anilines is 1. The molecule has 4 nitrogen and oxygen atoms in total. The van der Waals surface area contributed by atoms with Gasteiger partial charge in [-0.25, -0.2) is 13.2 Å². The molecule has 0 spiro atoms. The number of H-pyrrole nitrogens is 1. The molecule has 7 heteroatoms. The van der Waals surface area contributed by atoms with Crippen LogP contribution in [-0.4, -0.2) is 16.1 Å². The summed E-state index contributed by atoms with van der Waals surface area (Å²) in [5.74, 6) is -2.67. The van der Waals surface area contributed by atoms with Crippen molar-refractivity contribution in [3.63, 3.8) is 0 Å². The summed E-state index contributed by atoms with van der Waals surface area (Å²) in [5.41, 5.74) is 2.25. The fraction of sp³-hybridized carbons (Fsp3) is 0.111. The molecule has 2 aromatic carbocycles. The van der Waals surface area contributed by atoms with Crippen LogP contribution < -0.4 is 5.32 Å². The van der Waals surface area contributed by atoms with Crippen molar-refractivity contribution in [3.05, 3.63) is 71.2 Å². The van der Waals surface area contributed by atoms with Crippen molar-refractivity contribution in [2.45, 2.75) is 13.3 Å². The largest absolute Gasteiger partial charge is 0.322 e. The lowest BCUT2D eigenvalue weighted by molar-refractivity contribution is -0.115. The second kappa shape index (κ2) is 6.80. The average molecular weight is 345 g/mol. The van der Waals surface area contributed by atoms with Crippen LogP contribution in [-0.2, 0) is 11.2 Å². The smallest absolute Gasteiger partial charge is 0.228 e. The molecule has 0 saturated carbocycles. The van der Waals surface area contributed by atoms with E-state index < -0.39 is 11.6 Å². The molecule has 3 rings (SSSR count). The molecule has 128 valence electrons. The molecular formula is C18H14F3N3O. The number of aryl methyl sites for hydroxylation is 1. The standard InChI is InChI=1S/C18H14F3N3O/c1-10-17(22-16(25)8-11-2-5-13(19)6-3-11)18(24-23-10)12-4-7-14(20)15(21)9-12/h2-7,9H,8H2,1H3,(H,22,25)(H,23,24). The van der Waals surface area contributed by atoms with Crippen molar-refractivity contribution >= 4 is 11.6 Å². The van der Waals surface area contributed by atoms with Crippen LogP contribution in [0.5, 0.6) is 0 Å². The Morgan fingerprint density at radius 2 is 1.80 bits per heavy atom. The highest BCUT2D eigenvalue weighted by molar-refractivity contribution is 5.96. The third-order valence-corrected chi connectivity index (χ3v) is 3.68. The van der Waals surface area contributed by atoms with Crippen LogP contribution in [0.15, 0.2) is 42.5 Å².